The van der Waals surface area contributed by atoms with Crippen LogP contribution in [0.4, 0.5) is 5.82 Å². The summed E-state index contributed by atoms with van der Waals surface area (Å²) in [5.74, 6) is 0.519. The van der Waals surface area contributed by atoms with Crippen molar-refractivity contribution in [3.8, 4) is 0 Å². The molecule has 5 nitrogen and oxygen atoms in total. The van der Waals surface area contributed by atoms with Gasteiger partial charge in [0, 0.05) is 11.4 Å². The van der Waals surface area contributed by atoms with E-state index in [9.17, 15) is 4.79 Å². The fraction of sp³-hybridized carbons (Fsp3) is 0.375. The highest BCUT2D eigenvalue weighted by Crippen LogP contribution is 2.28. The van der Waals surface area contributed by atoms with Crippen molar-refractivity contribution in [2.45, 2.75) is 13.0 Å². The first kappa shape index (κ1) is 15.0. The third kappa shape index (κ3) is 2.98. The highest BCUT2D eigenvalue weighted by molar-refractivity contribution is 7.10. The van der Waals surface area contributed by atoms with Crippen molar-refractivity contribution in [1.29, 1.82) is 0 Å². The smallest absolute Gasteiger partial charge is 0.339 e. The van der Waals surface area contributed by atoms with E-state index in [0.717, 1.165) is 18.9 Å². The second-order valence-electron chi connectivity index (χ2n) is 5.11. The van der Waals surface area contributed by atoms with Crippen LogP contribution in [0.15, 0.2) is 29.6 Å². The van der Waals surface area contributed by atoms with Gasteiger partial charge in [-0.15, -0.1) is 11.3 Å². The van der Waals surface area contributed by atoms with E-state index in [-0.39, 0.29) is 12.1 Å². The predicted octanol–water partition coefficient (Wildman–Crippen LogP) is 2.82. The van der Waals surface area contributed by atoms with Crippen molar-refractivity contribution in [2.75, 3.05) is 31.7 Å². The van der Waals surface area contributed by atoms with Crippen molar-refractivity contribution < 1.29 is 14.3 Å². The van der Waals surface area contributed by atoms with Crippen LogP contribution in [0.2, 0.25) is 0 Å². The summed E-state index contributed by atoms with van der Waals surface area (Å²) in [6.07, 6.45) is 0.0798. The quantitative estimate of drug-likeness (QED) is 0.815. The Kier molecular flexibility index (Phi) is 4.40. The summed E-state index contributed by atoms with van der Waals surface area (Å²) in [5.41, 5.74) is 1.19. The molecule has 1 fully saturated rings. The Labute approximate surface area is 133 Å². The summed E-state index contributed by atoms with van der Waals surface area (Å²) in [5, 5.41) is 2.06. The summed E-state index contributed by atoms with van der Waals surface area (Å²) < 4.78 is 10.6. The number of esters is 1. The second-order valence-corrected chi connectivity index (χ2v) is 6.09. The minimum absolute atomic E-state index is 0.0798. The molecule has 2 aromatic heterocycles. The number of morpholine rings is 1. The Hall–Kier alpha value is -1.92. The molecule has 0 radical (unpaired) electrons. The van der Waals surface area contributed by atoms with Crippen LogP contribution in [-0.2, 0) is 9.47 Å². The summed E-state index contributed by atoms with van der Waals surface area (Å²) in [6.45, 7) is 4.06. The van der Waals surface area contributed by atoms with Gasteiger partial charge in [0.15, 0.2) is 0 Å². The molecular weight excluding hydrogens is 300 g/mol. The number of pyridine rings is 1. The fourth-order valence-electron chi connectivity index (χ4n) is 2.55. The van der Waals surface area contributed by atoms with Crippen LogP contribution in [-0.4, -0.2) is 37.8 Å². The molecule has 0 saturated carbocycles. The summed E-state index contributed by atoms with van der Waals surface area (Å²) in [6, 6.07) is 7.78. The van der Waals surface area contributed by atoms with Gasteiger partial charge in [0.1, 0.15) is 11.9 Å². The molecular formula is C16H18N2O3S. The molecule has 1 aliphatic heterocycles. The number of aryl methyl sites for hydroxylation is 1. The van der Waals surface area contributed by atoms with Gasteiger partial charge >= 0.3 is 5.97 Å². The lowest BCUT2D eigenvalue weighted by molar-refractivity contribution is 0.0418. The van der Waals surface area contributed by atoms with Crippen LogP contribution in [0.1, 0.15) is 27.0 Å². The number of methoxy groups -OCH3 is 1. The van der Waals surface area contributed by atoms with Gasteiger partial charge in [0.25, 0.3) is 0 Å². The molecule has 2 aromatic rings. The number of carbonyl (C=O) groups is 1. The number of carbonyl (C=O) groups excluding carboxylic acids is 1. The molecule has 6 heteroatoms. The van der Waals surface area contributed by atoms with E-state index in [4.69, 9.17) is 9.47 Å². The van der Waals surface area contributed by atoms with Gasteiger partial charge in [0.05, 0.1) is 31.5 Å². The first-order chi connectivity index (χ1) is 10.7. The Balaban J connectivity index is 1.79. The van der Waals surface area contributed by atoms with Gasteiger partial charge < -0.3 is 14.4 Å². The average molecular weight is 318 g/mol. The van der Waals surface area contributed by atoms with Crippen LogP contribution < -0.4 is 4.90 Å². The average Bonchev–Trinajstić information content (AvgIpc) is 3.09. The van der Waals surface area contributed by atoms with Crippen LogP contribution in [0, 0.1) is 6.92 Å². The van der Waals surface area contributed by atoms with Gasteiger partial charge in [-0.05, 0) is 30.5 Å². The molecule has 1 unspecified atom stereocenters. The third-order valence-electron chi connectivity index (χ3n) is 3.73. The van der Waals surface area contributed by atoms with Crippen molar-refractivity contribution in [3.63, 3.8) is 0 Å². The van der Waals surface area contributed by atoms with E-state index >= 15 is 0 Å². The Morgan fingerprint density at radius 2 is 2.32 bits per heavy atom. The zero-order valence-corrected chi connectivity index (χ0v) is 13.4. The van der Waals surface area contributed by atoms with Crippen molar-refractivity contribution in [3.05, 3.63) is 45.8 Å². The van der Waals surface area contributed by atoms with E-state index < -0.39 is 0 Å². The zero-order chi connectivity index (χ0) is 15.5. The van der Waals surface area contributed by atoms with Gasteiger partial charge in [-0.25, -0.2) is 9.78 Å². The van der Waals surface area contributed by atoms with Gasteiger partial charge in [0.2, 0.25) is 0 Å². The number of aromatic nitrogens is 1. The summed E-state index contributed by atoms with van der Waals surface area (Å²) in [4.78, 5) is 19.6. The minimum atomic E-state index is -0.352. The molecule has 0 aromatic carbocycles. The molecule has 22 heavy (non-hydrogen) atoms. The second kappa shape index (κ2) is 6.46. The monoisotopic (exact) mass is 318 g/mol. The summed E-state index contributed by atoms with van der Waals surface area (Å²) >= 11 is 1.71. The molecule has 1 aliphatic rings. The molecule has 0 spiro atoms. The lowest BCUT2D eigenvalue weighted by Gasteiger charge is -2.33. The number of anilines is 1. The molecule has 3 rings (SSSR count). The molecule has 0 bridgehead atoms. The SMILES string of the molecule is COC(=O)c1ccc(N2CCOC(c3cccs3)C2)nc1C. The molecule has 3 heterocycles. The molecule has 1 saturated heterocycles. The standard InChI is InChI=1S/C16H18N2O3S/c1-11-12(16(19)20-2)5-6-15(17-11)18-7-8-21-13(10-18)14-4-3-9-22-14/h3-6,9,13H,7-8,10H2,1-2H3. The maximum atomic E-state index is 11.6. The van der Waals surface area contributed by atoms with Crippen LogP contribution >= 0.6 is 11.3 Å². The van der Waals surface area contributed by atoms with Crippen LogP contribution in [0.25, 0.3) is 0 Å². The first-order valence-corrected chi connectivity index (χ1v) is 8.03. The number of ether oxygens (including phenoxy) is 2. The van der Waals surface area contributed by atoms with E-state index in [2.05, 4.69) is 21.3 Å². The minimum Gasteiger partial charge on any atom is -0.465 e. The van der Waals surface area contributed by atoms with Crippen molar-refractivity contribution >= 4 is 23.1 Å². The maximum Gasteiger partial charge on any atom is 0.339 e. The Bertz CT molecular complexity index is 657. The normalized spacial score (nSPS) is 18.3. The van der Waals surface area contributed by atoms with Gasteiger partial charge in [-0.2, -0.15) is 0 Å². The third-order valence-corrected chi connectivity index (χ3v) is 4.69. The fourth-order valence-corrected chi connectivity index (χ4v) is 3.32. The van der Waals surface area contributed by atoms with E-state index in [0.29, 0.717) is 17.9 Å². The van der Waals surface area contributed by atoms with Crippen molar-refractivity contribution in [1.82, 2.24) is 4.98 Å². The predicted molar refractivity (Wildman–Crippen MR) is 85.5 cm³/mol. The Morgan fingerprint density at radius 1 is 1.45 bits per heavy atom. The lowest BCUT2D eigenvalue weighted by Crippen LogP contribution is -2.38. The van der Waals surface area contributed by atoms with E-state index in [1.54, 1.807) is 17.4 Å². The highest BCUT2D eigenvalue weighted by atomic mass is 32.1. The Morgan fingerprint density at radius 3 is 3.00 bits per heavy atom. The van der Waals surface area contributed by atoms with Crippen LogP contribution in [0.3, 0.4) is 0 Å². The highest BCUT2D eigenvalue weighted by Gasteiger charge is 2.24. The number of nitrogens with zero attached hydrogens (tertiary/aromatic N) is 2. The molecule has 0 N–H and O–H groups in total. The number of rotatable bonds is 3. The van der Waals surface area contributed by atoms with Gasteiger partial charge in [-0.1, -0.05) is 6.07 Å². The molecule has 0 amide bonds. The zero-order valence-electron chi connectivity index (χ0n) is 12.6. The van der Waals surface area contributed by atoms with Crippen molar-refractivity contribution in [2.24, 2.45) is 0 Å². The number of hydrogen-bond acceptors (Lipinski definition) is 6. The number of thiophene rings is 1. The lowest BCUT2D eigenvalue weighted by atomic mass is 10.2. The van der Waals surface area contributed by atoms with E-state index in [1.807, 2.05) is 19.1 Å². The first-order valence-electron chi connectivity index (χ1n) is 7.15. The van der Waals surface area contributed by atoms with E-state index in [1.165, 1.54) is 12.0 Å². The largest absolute Gasteiger partial charge is 0.465 e. The topological polar surface area (TPSA) is 51.7 Å². The van der Waals surface area contributed by atoms with Crippen LogP contribution in [0.5, 0.6) is 0 Å². The molecule has 0 aliphatic carbocycles. The molecule has 116 valence electrons. The number of hydrogen-bond donors (Lipinski definition) is 0. The molecule has 1 atom stereocenters. The summed E-state index contributed by atoms with van der Waals surface area (Å²) in [7, 11) is 1.38. The van der Waals surface area contributed by atoms with Gasteiger partial charge in [-0.3, -0.25) is 0 Å². The maximum absolute atomic E-state index is 11.6.